The van der Waals surface area contributed by atoms with Crippen LogP contribution in [0.25, 0.3) is 11.0 Å². The summed E-state index contributed by atoms with van der Waals surface area (Å²) in [5, 5.41) is 2.92. The minimum Gasteiger partial charge on any atom is -0.494 e. The van der Waals surface area contributed by atoms with Gasteiger partial charge in [0.1, 0.15) is 16.8 Å². The molecule has 1 heterocycles. The maximum atomic E-state index is 12.3. The van der Waals surface area contributed by atoms with Crippen molar-refractivity contribution in [1.29, 1.82) is 0 Å². The van der Waals surface area contributed by atoms with Gasteiger partial charge in [-0.05, 0) is 12.8 Å². The minimum absolute atomic E-state index is 0.0337. The molecule has 1 amide bonds. The van der Waals surface area contributed by atoms with Crippen molar-refractivity contribution >= 4 is 22.6 Å². The lowest BCUT2D eigenvalue weighted by Crippen LogP contribution is -2.22. The lowest BCUT2D eigenvalue weighted by atomic mass is 10.0. The highest BCUT2D eigenvalue weighted by atomic mass is 16.5. The average Bonchev–Trinajstić information content (AvgIpc) is 2.55. The van der Waals surface area contributed by atoms with Crippen LogP contribution in [0.3, 0.4) is 0 Å². The van der Waals surface area contributed by atoms with Crippen LogP contribution in [0.2, 0.25) is 0 Å². The molecule has 0 spiro atoms. The molecular formula is C16H21N3O3. The molecule has 0 atom stereocenters. The van der Waals surface area contributed by atoms with Gasteiger partial charge < -0.3 is 14.8 Å². The van der Waals surface area contributed by atoms with Crippen molar-refractivity contribution in [3.05, 3.63) is 18.5 Å². The second-order valence-corrected chi connectivity index (χ2v) is 4.92. The number of nitrogens with zero attached hydrogens (tertiary/aromatic N) is 2. The number of aromatic nitrogens is 2. The normalized spacial score (nSPS) is 10.8. The van der Waals surface area contributed by atoms with E-state index in [-0.39, 0.29) is 11.8 Å². The number of rotatable bonds is 6. The predicted molar refractivity (Wildman–Crippen MR) is 85.3 cm³/mol. The third-order valence-corrected chi connectivity index (χ3v) is 3.71. The van der Waals surface area contributed by atoms with Crippen molar-refractivity contribution < 1.29 is 14.3 Å². The van der Waals surface area contributed by atoms with Gasteiger partial charge in [0.25, 0.3) is 0 Å². The van der Waals surface area contributed by atoms with Crippen LogP contribution in [0.15, 0.2) is 18.5 Å². The second kappa shape index (κ2) is 7.06. The Labute approximate surface area is 129 Å². The molecule has 0 aliphatic rings. The maximum absolute atomic E-state index is 12.3. The monoisotopic (exact) mass is 303 g/mol. The quantitative estimate of drug-likeness (QED) is 0.888. The fraction of sp³-hybridized carbons (Fsp3) is 0.438. The van der Waals surface area contributed by atoms with E-state index in [4.69, 9.17) is 9.47 Å². The van der Waals surface area contributed by atoms with E-state index in [1.165, 1.54) is 0 Å². The van der Waals surface area contributed by atoms with Gasteiger partial charge in [-0.2, -0.15) is 0 Å². The van der Waals surface area contributed by atoms with E-state index in [0.29, 0.717) is 28.2 Å². The Morgan fingerprint density at radius 1 is 1.14 bits per heavy atom. The number of amides is 1. The Balaban J connectivity index is 2.51. The van der Waals surface area contributed by atoms with Crippen molar-refractivity contribution in [2.45, 2.75) is 26.7 Å². The van der Waals surface area contributed by atoms with Gasteiger partial charge in [-0.15, -0.1) is 0 Å². The summed E-state index contributed by atoms with van der Waals surface area (Å²) < 4.78 is 10.8. The van der Waals surface area contributed by atoms with Crippen LogP contribution in [-0.2, 0) is 4.79 Å². The summed E-state index contributed by atoms with van der Waals surface area (Å²) >= 11 is 0. The van der Waals surface area contributed by atoms with E-state index in [1.54, 1.807) is 32.7 Å². The summed E-state index contributed by atoms with van der Waals surface area (Å²) in [7, 11) is 3.10. The summed E-state index contributed by atoms with van der Waals surface area (Å²) in [6.45, 7) is 3.99. The highest BCUT2D eigenvalue weighted by Gasteiger charge is 2.20. The Morgan fingerprint density at radius 3 is 2.32 bits per heavy atom. The van der Waals surface area contributed by atoms with Gasteiger partial charge in [0.15, 0.2) is 5.75 Å². The Hall–Kier alpha value is -2.37. The molecule has 1 N–H and O–H groups in total. The molecule has 2 aromatic rings. The van der Waals surface area contributed by atoms with Gasteiger partial charge in [-0.25, -0.2) is 9.97 Å². The molecule has 0 saturated carbocycles. The number of carbonyl (C=O) groups is 1. The summed E-state index contributed by atoms with van der Waals surface area (Å²) in [6.07, 6.45) is 4.74. The molecule has 2 rings (SSSR count). The van der Waals surface area contributed by atoms with Crippen molar-refractivity contribution in [3.63, 3.8) is 0 Å². The van der Waals surface area contributed by atoms with Gasteiger partial charge in [0, 0.05) is 24.4 Å². The number of nitrogens with one attached hydrogen (secondary N) is 1. The Morgan fingerprint density at radius 2 is 1.77 bits per heavy atom. The lowest BCUT2D eigenvalue weighted by Gasteiger charge is -2.17. The summed E-state index contributed by atoms with van der Waals surface area (Å²) in [4.78, 5) is 20.9. The van der Waals surface area contributed by atoms with Gasteiger partial charge in [0.2, 0.25) is 5.91 Å². The SMILES string of the molecule is CCC(CC)C(=O)Nc1cc(OC)c2nccnc2c1OC. The smallest absolute Gasteiger partial charge is 0.227 e. The standard InChI is InChI=1S/C16H21N3O3/c1-5-10(6-2)16(20)19-11-9-12(21-3)13-14(15(11)22-4)18-8-7-17-13/h7-10H,5-6H2,1-4H3,(H,19,20). The summed E-state index contributed by atoms with van der Waals surface area (Å²) in [5.74, 6) is 0.966. The van der Waals surface area contributed by atoms with Gasteiger partial charge in [-0.1, -0.05) is 13.8 Å². The average molecular weight is 303 g/mol. The molecule has 6 heteroatoms. The number of hydrogen-bond donors (Lipinski definition) is 1. The van der Waals surface area contributed by atoms with Crippen LogP contribution in [0, 0.1) is 5.92 Å². The third kappa shape index (κ3) is 2.95. The van der Waals surface area contributed by atoms with Gasteiger partial charge >= 0.3 is 0 Å². The molecular weight excluding hydrogens is 282 g/mol. The molecule has 118 valence electrons. The van der Waals surface area contributed by atoms with Crippen LogP contribution in [-0.4, -0.2) is 30.1 Å². The molecule has 0 saturated heterocycles. The fourth-order valence-corrected chi connectivity index (χ4v) is 2.43. The zero-order valence-electron chi connectivity index (χ0n) is 13.3. The second-order valence-electron chi connectivity index (χ2n) is 4.92. The summed E-state index contributed by atoms with van der Waals surface area (Å²) in [5.41, 5.74) is 1.70. The maximum Gasteiger partial charge on any atom is 0.227 e. The van der Waals surface area contributed by atoms with Crippen molar-refractivity contribution in [2.24, 2.45) is 5.92 Å². The van der Waals surface area contributed by atoms with Crippen LogP contribution >= 0.6 is 0 Å². The first-order valence-corrected chi connectivity index (χ1v) is 7.32. The predicted octanol–water partition coefficient (Wildman–Crippen LogP) is 3.02. The molecule has 0 fully saturated rings. The minimum atomic E-state index is -0.0340. The zero-order chi connectivity index (χ0) is 16.1. The van der Waals surface area contributed by atoms with E-state index in [1.807, 2.05) is 13.8 Å². The molecule has 0 aliphatic heterocycles. The van der Waals surface area contributed by atoms with E-state index >= 15 is 0 Å². The number of methoxy groups -OCH3 is 2. The van der Waals surface area contributed by atoms with Gasteiger partial charge in [0.05, 0.1) is 19.9 Å². The topological polar surface area (TPSA) is 73.3 Å². The van der Waals surface area contributed by atoms with E-state index in [9.17, 15) is 4.79 Å². The first kappa shape index (κ1) is 16.0. The third-order valence-electron chi connectivity index (χ3n) is 3.71. The number of anilines is 1. The molecule has 0 radical (unpaired) electrons. The van der Waals surface area contributed by atoms with Crippen LogP contribution in [0.4, 0.5) is 5.69 Å². The molecule has 0 aliphatic carbocycles. The molecule has 22 heavy (non-hydrogen) atoms. The molecule has 1 aromatic carbocycles. The van der Waals surface area contributed by atoms with Crippen molar-refractivity contribution in [1.82, 2.24) is 9.97 Å². The summed E-state index contributed by atoms with van der Waals surface area (Å²) in [6, 6.07) is 1.72. The number of ether oxygens (including phenoxy) is 2. The van der Waals surface area contributed by atoms with Crippen LogP contribution in [0.1, 0.15) is 26.7 Å². The Bertz CT molecular complexity index is 669. The highest BCUT2D eigenvalue weighted by molar-refractivity contribution is 6.00. The zero-order valence-corrected chi connectivity index (χ0v) is 13.3. The number of carbonyl (C=O) groups excluding carboxylic acids is 1. The molecule has 0 unspecified atom stereocenters. The molecule has 0 bridgehead atoms. The lowest BCUT2D eigenvalue weighted by molar-refractivity contribution is -0.120. The van der Waals surface area contributed by atoms with Crippen LogP contribution < -0.4 is 14.8 Å². The number of fused-ring (bicyclic) bond motifs is 1. The molecule has 1 aromatic heterocycles. The number of hydrogen-bond acceptors (Lipinski definition) is 5. The first-order chi connectivity index (χ1) is 10.7. The Kier molecular flexibility index (Phi) is 5.14. The number of benzene rings is 1. The molecule has 6 nitrogen and oxygen atoms in total. The van der Waals surface area contributed by atoms with Crippen molar-refractivity contribution in [2.75, 3.05) is 19.5 Å². The van der Waals surface area contributed by atoms with Crippen LogP contribution in [0.5, 0.6) is 11.5 Å². The van der Waals surface area contributed by atoms with E-state index in [2.05, 4.69) is 15.3 Å². The largest absolute Gasteiger partial charge is 0.494 e. The fourth-order valence-electron chi connectivity index (χ4n) is 2.43. The van der Waals surface area contributed by atoms with E-state index in [0.717, 1.165) is 12.8 Å². The highest BCUT2D eigenvalue weighted by Crippen LogP contribution is 2.37. The first-order valence-electron chi connectivity index (χ1n) is 7.32. The van der Waals surface area contributed by atoms with Crippen molar-refractivity contribution in [3.8, 4) is 11.5 Å². The van der Waals surface area contributed by atoms with Gasteiger partial charge in [-0.3, -0.25) is 4.79 Å². The van der Waals surface area contributed by atoms with E-state index < -0.39 is 0 Å².